The predicted octanol–water partition coefficient (Wildman–Crippen LogP) is 5.09. The van der Waals surface area contributed by atoms with Crippen LogP contribution in [0.4, 0.5) is 0 Å². The fourth-order valence-electron chi connectivity index (χ4n) is 2.34. The third-order valence-electron chi connectivity index (χ3n) is 3.28. The van der Waals surface area contributed by atoms with Crippen molar-refractivity contribution in [2.24, 2.45) is 0 Å². The topological polar surface area (TPSA) is 21.3 Å². The number of aryl methyl sites for hydroxylation is 1. The van der Waals surface area contributed by atoms with Crippen molar-refractivity contribution in [3.63, 3.8) is 0 Å². The van der Waals surface area contributed by atoms with Crippen LogP contribution in [-0.4, -0.2) is 13.7 Å². The molecular formula is C17H19Cl2NO. The van der Waals surface area contributed by atoms with Crippen LogP contribution in [0.2, 0.25) is 10.0 Å². The molecular weight excluding hydrogens is 305 g/mol. The number of benzene rings is 2. The molecule has 0 saturated carbocycles. The molecule has 0 fully saturated rings. The smallest absolute Gasteiger partial charge is 0.139 e. The molecule has 0 amide bonds. The van der Waals surface area contributed by atoms with E-state index in [2.05, 4.69) is 30.4 Å². The SMILES string of the molecule is CCOc1cc(Cl)c(-c2ccc(CNC)cc2C)cc1Cl. The Hall–Kier alpha value is -1.22. The van der Waals surface area contributed by atoms with Gasteiger partial charge in [0.15, 0.2) is 0 Å². The van der Waals surface area contributed by atoms with Crippen LogP contribution >= 0.6 is 23.2 Å². The fourth-order valence-corrected chi connectivity index (χ4v) is 2.82. The number of rotatable bonds is 5. The molecule has 0 spiro atoms. The highest BCUT2D eigenvalue weighted by Gasteiger charge is 2.12. The van der Waals surface area contributed by atoms with Crippen molar-refractivity contribution in [3.05, 3.63) is 51.5 Å². The molecule has 2 aromatic carbocycles. The Morgan fingerprint density at radius 1 is 1.05 bits per heavy atom. The van der Waals surface area contributed by atoms with Crippen LogP contribution in [0, 0.1) is 6.92 Å². The molecule has 1 N–H and O–H groups in total. The largest absolute Gasteiger partial charge is 0.492 e. The number of hydrogen-bond donors (Lipinski definition) is 1. The molecule has 0 aliphatic rings. The molecule has 0 heterocycles. The van der Waals surface area contributed by atoms with Crippen molar-refractivity contribution in [3.8, 4) is 16.9 Å². The van der Waals surface area contributed by atoms with E-state index in [0.717, 1.165) is 17.7 Å². The molecule has 0 aliphatic heterocycles. The first-order chi connectivity index (χ1) is 10.1. The van der Waals surface area contributed by atoms with E-state index in [0.29, 0.717) is 22.4 Å². The molecule has 2 nitrogen and oxygen atoms in total. The lowest BCUT2D eigenvalue weighted by Gasteiger charge is -2.13. The minimum atomic E-state index is 0.563. The lowest BCUT2D eigenvalue weighted by molar-refractivity contribution is 0.340. The Morgan fingerprint density at radius 3 is 2.43 bits per heavy atom. The molecule has 0 saturated heterocycles. The lowest BCUT2D eigenvalue weighted by Crippen LogP contribution is -2.05. The van der Waals surface area contributed by atoms with Crippen LogP contribution in [0.25, 0.3) is 11.1 Å². The maximum Gasteiger partial charge on any atom is 0.139 e. The highest BCUT2D eigenvalue weighted by atomic mass is 35.5. The maximum absolute atomic E-state index is 6.39. The predicted molar refractivity (Wildman–Crippen MR) is 90.6 cm³/mol. The van der Waals surface area contributed by atoms with Crippen molar-refractivity contribution < 1.29 is 4.74 Å². The molecule has 21 heavy (non-hydrogen) atoms. The van der Waals surface area contributed by atoms with Gasteiger partial charge in [0.1, 0.15) is 5.75 Å². The Bertz CT molecular complexity index is 641. The van der Waals surface area contributed by atoms with Gasteiger partial charge in [0.25, 0.3) is 0 Å². The average molecular weight is 324 g/mol. The Kier molecular flexibility index (Phi) is 5.51. The van der Waals surface area contributed by atoms with Crippen LogP contribution in [-0.2, 0) is 6.54 Å². The van der Waals surface area contributed by atoms with Gasteiger partial charge in [0.05, 0.1) is 16.7 Å². The fraction of sp³-hybridized carbons (Fsp3) is 0.294. The molecule has 0 aromatic heterocycles. The first-order valence-corrected chi connectivity index (χ1v) is 7.68. The molecule has 0 radical (unpaired) electrons. The molecule has 2 rings (SSSR count). The van der Waals surface area contributed by atoms with Crippen LogP contribution in [0.15, 0.2) is 30.3 Å². The first-order valence-electron chi connectivity index (χ1n) is 6.93. The van der Waals surface area contributed by atoms with E-state index in [1.807, 2.05) is 20.0 Å². The molecule has 0 aliphatic carbocycles. The van der Waals surface area contributed by atoms with E-state index < -0.39 is 0 Å². The zero-order valence-electron chi connectivity index (χ0n) is 12.5. The molecule has 0 atom stereocenters. The summed E-state index contributed by atoms with van der Waals surface area (Å²) in [4.78, 5) is 0. The maximum atomic E-state index is 6.39. The van der Waals surface area contributed by atoms with Crippen molar-refractivity contribution >= 4 is 23.2 Å². The summed E-state index contributed by atoms with van der Waals surface area (Å²) in [7, 11) is 1.94. The second-order valence-electron chi connectivity index (χ2n) is 4.88. The lowest BCUT2D eigenvalue weighted by atomic mass is 9.98. The Morgan fingerprint density at radius 2 is 1.81 bits per heavy atom. The summed E-state index contributed by atoms with van der Waals surface area (Å²) in [5.74, 6) is 0.623. The third-order valence-corrected chi connectivity index (χ3v) is 3.89. The van der Waals surface area contributed by atoms with E-state index >= 15 is 0 Å². The van der Waals surface area contributed by atoms with Gasteiger partial charge in [-0.3, -0.25) is 0 Å². The van der Waals surface area contributed by atoms with Crippen LogP contribution in [0.1, 0.15) is 18.1 Å². The van der Waals surface area contributed by atoms with Gasteiger partial charge in [-0.1, -0.05) is 41.4 Å². The quantitative estimate of drug-likeness (QED) is 0.827. The number of hydrogen-bond acceptors (Lipinski definition) is 2. The standard InChI is InChI=1S/C17H19Cl2NO/c1-4-21-17-9-15(18)14(8-16(17)19)13-6-5-12(10-20-3)7-11(13)2/h5-9,20H,4,10H2,1-3H3. The molecule has 0 bridgehead atoms. The van der Waals surface area contributed by atoms with Crippen molar-refractivity contribution in [2.75, 3.05) is 13.7 Å². The van der Waals surface area contributed by atoms with E-state index in [4.69, 9.17) is 27.9 Å². The van der Waals surface area contributed by atoms with E-state index in [1.54, 1.807) is 6.07 Å². The number of halogens is 2. The summed E-state index contributed by atoms with van der Waals surface area (Å²) in [6, 6.07) is 9.99. The van der Waals surface area contributed by atoms with Crippen molar-refractivity contribution in [1.29, 1.82) is 0 Å². The normalized spacial score (nSPS) is 10.7. The summed E-state index contributed by atoms with van der Waals surface area (Å²) in [5.41, 5.74) is 4.43. The van der Waals surface area contributed by atoms with Gasteiger partial charge in [-0.25, -0.2) is 0 Å². The summed E-state index contributed by atoms with van der Waals surface area (Å²) >= 11 is 12.7. The summed E-state index contributed by atoms with van der Waals surface area (Å²) in [6.07, 6.45) is 0. The highest BCUT2D eigenvalue weighted by Crippen LogP contribution is 2.38. The van der Waals surface area contributed by atoms with Crippen LogP contribution in [0.5, 0.6) is 5.75 Å². The molecule has 4 heteroatoms. The number of ether oxygens (including phenoxy) is 1. The van der Waals surface area contributed by atoms with E-state index in [-0.39, 0.29) is 0 Å². The van der Waals surface area contributed by atoms with Gasteiger partial charge in [0, 0.05) is 18.2 Å². The van der Waals surface area contributed by atoms with E-state index in [1.165, 1.54) is 11.1 Å². The van der Waals surface area contributed by atoms with Crippen molar-refractivity contribution in [2.45, 2.75) is 20.4 Å². The van der Waals surface area contributed by atoms with Gasteiger partial charge < -0.3 is 10.1 Å². The van der Waals surface area contributed by atoms with Gasteiger partial charge >= 0.3 is 0 Å². The molecule has 2 aromatic rings. The van der Waals surface area contributed by atoms with Gasteiger partial charge in [-0.2, -0.15) is 0 Å². The zero-order chi connectivity index (χ0) is 15.4. The van der Waals surface area contributed by atoms with E-state index in [9.17, 15) is 0 Å². The van der Waals surface area contributed by atoms with Gasteiger partial charge in [0.2, 0.25) is 0 Å². The second kappa shape index (κ2) is 7.17. The third kappa shape index (κ3) is 3.70. The summed E-state index contributed by atoms with van der Waals surface area (Å²) in [6.45, 7) is 5.41. The van der Waals surface area contributed by atoms with Crippen molar-refractivity contribution in [1.82, 2.24) is 5.32 Å². The summed E-state index contributed by atoms with van der Waals surface area (Å²) < 4.78 is 5.46. The Labute approximate surface area is 136 Å². The zero-order valence-corrected chi connectivity index (χ0v) is 14.0. The second-order valence-corrected chi connectivity index (χ2v) is 5.69. The minimum Gasteiger partial charge on any atom is -0.492 e. The van der Waals surface area contributed by atoms with Gasteiger partial charge in [-0.15, -0.1) is 0 Å². The monoisotopic (exact) mass is 323 g/mol. The summed E-state index contributed by atoms with van der Waals surface area (Å²) in [5, 5.41) is 4.37. The number of nitrogens with one attached hydrogen (secondary N) is 1. The molecule has 112 valence electrons. The molecule has 0 unspecified atom stereocenters. The minimum absolute atomic E-state index is 0.563. The van der Waals surface area contributed by atoms with Crippen LogP contribution in [0.3, 0.4) is 0 Å². The average Bonchev–Trinajstić information content (AvgIpc) is 2.44. The first kappa shape index (κ1) is 16.2. The van der Waals surface area contributed by atoms with Gasteiger partial charge in [-0.05, 0) is 43.7 Å². The highest BCUT2D eigenvalue weighted by molar-refractivity contribution is 6.36. The van der Waals surface area contributed by atoms with Crippen LogP contribution < -0.4 is 10.1 Å². The Balaban J connectivity index is 2.44.